The van der Waals surface area contributed by atoms with Crippen molar-refractivity contribution in [2.45, 2.75) is 62.9 Å². The summed E-state index contributed by atoms with van der Waals surface area (Å²) >= 11 is 0. The van der Waals surface area contributed by atoms with E-state index in [1.807, 2.05) is 0 Å². The third kappa shape index (κ3) is 2.99. The molecule has 1 saturated heterocycles. The van der Waals surface area contributed by atoms with E-state index in [4.69, 9.17) is 10.5 Å². The van der Waals surface area contributed by atoms with Crippen molar-refractivity contribution in [3.05, 3.63) is 0 Å². The molecule has 1 aliphatic heterocycles. The Hall–Kier alpha value is -0.610. The number of hydrogen-bond acceptors (Lipinski definition) is 3. The molecular formula is C13H24N2O2. The molecule has 3 N–H and O–H groups in total. The fraction of sp³-hybridized carbons (Fsp3) is 0.923. The van der Waals surface area contributed by atoms with E-state index in [1.54, 1.807) is 0 Å². The smallest absolute Gasteiger partial charge is 0.240 e. The Morgan fingerprint density at radius 1 is 1.18 bits per heavy atom. The fourth-order valence-electron chi connectivity index (χ4n) is 2.84. The van der Waals surface area contributed by atoms with E-state index in [0.717, 1.165) is 45.1 Å². The number of hydrogen-bond donors (Lipinski definition) is 2. The van der Waals surface area contributed by atoms with Gasteiger partial charge in [0.05, 0.1) is 17.7 Å². The van der Waals surface area contributed by atoms with Gasteiger partial charge in [-0.25, -0.2) is 0 Å². The molecule has 2 fully saturated rings. The van der Waals surface area contributed by atoms with E-state index in [9.17, 15) is 4.79 Å². The molecule has 0 spiro atoms. The summed E-state index contributed by atoms with van der Waals surface area (Å²) in [5.41, 5.74) is 5.36. The van der Waals surface area contributed by atoms with Crippen LogP contribution in [0, 0.1) is 0 Å². The first-order valence-electron chi connectivity index (χ1n) is 6.73. The van der Waals surface area contributed by atoms with Crippen LogP contribution in [-0.4, -0.2) is 30.2 Å². The molecule has 2 rings (SSSR count). The van der Waals surface area contributed by atoms with Gasteiger partial charge in [-0.1, -0.05) is 19.3 Å². The Bertz CT molecular complexity index is 279. The summed E-state index contributed by atoms with van der Waals surface area (Å²) in [4.78, 5) is 12.3. The molecule has 0 aromatic heterocycles. The average Bonchev–Trinajstić information content (AvgIpc) is 2.30. The highest BCUT2D eigenvalue weighted by Gasteiger charge is 2.39. The first-order chi connectivity index (χ1) is 8.04. The van der Waals surface area contributed by atoms with Crippen LogP contribution in [0.5, 0.6) is 0 Å². The summed E-state index contributed by atoms with van der Waals surface area (Å²) in [7, 11) is 0. The summed E-state index contributed by atoms with van der Waals surface area (Å²) in [6.07, 6.45) is 6.95. The quantitative estimate of drug-likeness (QED) is 0.765. The van der Waals surface area contributed by atoms with Crippen molar-refractivity contribution in [2.24, 2.45) is 5.73 Å². The van der Waals surface area contributed by atoms with E-state index < -0.39 is 5.54 Å². The van der Waals surface area contributed by atoms with Crippen LogP contribution in [0.25, 0.3) is 0 Å². The van der Waals surface area contributed by atoms with Gasteiger partial charge in [0.25, 0.3) is 0 Å². The minimum absolute atomic E-state index is 0.0187. The van der Waals surface area contributed by atoms with Crippen LogP contribution in [0.15, 0.2) is 0 Å². The predicted octanol–water partition coefficient (Wildman–Crippen LogP) is 1.33. The van der Waals surface area contributed by atoms with Crippen molar-refractivity contribution in [1.29, 1.82) is 0 Å². The molecule has 1 saturated carbocycles. The summed E-state index contributed by atoms with van der Waals surface area (Å²) in [5, 5.41) is 3.12. The first kappa shape index (κ1) is 12.8. The maximum Gasteiger partial charge on any atom is 0.240 e. The average molecular weight is 240 g/mol. The maximum atomic E-state index is 12.3. The summed E-state index contributed by atoms with van der Waals surface area (Å²) < 4.78 is 5.45. The second kappa shape index (κ2) is 4.94. The third-order valence-corrected chi connectivity index (χ3v) is 4.05. The van der Waals surface area contributed by atoms with E-state index >= 15 is 0 Å². The predicted molar refractivity (Wildman–Crippen MR) is 66.6 cm³/mol. The third-order valence-electron chi connectivity index (χ3n) is 4.05. The highest BCUT2D eigenvalue weighted by atomic mass is 16.5. The van der Waals surface area contributed by atoms with Crippen LogP contribution in [0.4, 0.5) is 0 Å². The number of nitrogens with one attached hydrogen (secondary N) is 1. The molecule has 1 unspecified atom stereocenters. The molecule has 0 bridgehead atoms. The van der Waals surface area contributed by atoms with Crippen molar-refractivity contribution < 1.29 is 9.53 Å². The highest BCUT2D eigenvalue weighted by molar-refractivity contribution is 5.86. The van der Waals surface area contributed by atoms with Gasteiger partial charge in [-0.2, -0.15) is 0 Å². The highest BCUT2D eigenvalue weighted by Crippen LogP contribution is 2.27. The van der Waals surface area contributed by atoms with Crippen LogP contribution in [0.1, 0.15) is 51.9 Å². The minimum Gasteiger partial charge on any atom is -0.379 e. The molecular weight excluding hydrogens is 216 g/mol. The monoisotopic (exact) mass is 240 g/mol. The Morgan fingerprint density at radius 2 is 1.88 bits per heavy atom. The van der Waals surface area contributed by atoms with Gasteiger partial charge in [0.2, 0.25) is 5.91 Å². The molecule has 0 aromatic carbocycles. The van der Waals surface area contributed by atoms with Gasteiger partial charge in [-0.05, 0) is 32.6 Å². The molecule has 1 aliphatic carbocycles. The molecule has 4 nitrogen and oxygen atoms in total. The van der Waals surface area contributed by atoms with Crippen molar-refractivity contribution in [1.82, 2.24) is 5.32 Å². The number of rotatable bonds is 2. The molecule has 17 heavy (non-hydrogen) atoms. The van der Waals surface area contributed by atoms with Crippen molar-refractivity contribution in [2.75, 3.05) is 13.2 Å². The van der Waals surface area contributed by atoms with Crippen molar-refractivity contribution >= 4 is 5.91 Å². The maximum absolute atomic E-state index is 12.3. The van der Waals surface area contributed by atoms with Gasteiger partial charge >= 0.3 is 0 Å². The summed E-state index contributed by atoms with van der Waals surface area (Å²) in [5.74, 6) is 0.0187. The number of nitrogens with two attached hydrogens (primary N) is 1. The van der Waals surface area contributed by atoms with Gasteiger partial charge in [0.1, 0.15) is 0 Å². The molecule has 98 valence electrons. The van der Waals surface area contributed by atoms with Crippen LogP contribution in [0.3, 0.4) is 0 Å². The van der Waals surface area contributed by atoms with Crippen LogP contribution >= 0.6 is 0 Å². The van der Waals surface area contributed by atoms with Gasteiger partial charge in [0.15, 0.2) is 0 Å². The molecule has 1 heterocycles. The van der Waals surface area contributed by atoms with E-state index in [0.29, 0.717) is 6.61 Å². The number of carbonyl (C=O) groups excluding carboxylic acids is 1. The zero-order valence-electron chi connectivity index (χ0n) is 10.8. The molecule has 1 atom stereocenters. The van der Waals surface area contributed by atoms with Gasteiger partial charge in [-0.3, -0.25) is 4.79 Å². The molecule has 0 radical (unpaired) electrons. The van der Waals surface area contributed by atoms with Crippen molar-refractivity contribution in [3.63, 3.8) is 0 Å². The zero-order valence-corrected chi connectivity index (χ0v) is 10.8. The molecule has 2 aliphatic rings. The van der Waals surface area contributed by atoms with Crippen LogP contribution < -0.4 is 11.1 Å². The standard InChI is InChI=1S/C13H24N2O2/c1-12(6-5-9-17-10-12)15-11(16)13(14)7-3-2-4-8-13/h2-10,14H2,1H3,(H,15,16). The SMILES string of the molecule is CC1(NC(=O)C2(N)CCCCC2)CCCOC1. The lowest BCUT2D eigenvalue weighted by atomic mass is 9.81. The van der Waals surface area contributed by atoms with Crippen LogP contribution in [-0.2, 0) is 9.53 Å². The molecule has 4 heteroatoms. The molecule has 1 amide bonds. The van der Waals surface area contributed by atoms with Gasteiger partial charge in [0, 0.05) is 6.61 Å². The number of carbonyl (C=O) groups is 1. The second-order valence-electron chi connectivity index (χ2n) is 5.89. The number of amides is 1. The Morgan fingerprint density at radius 3 is 2.47 bits per heavy atom. The summed E-state index contributed by atoms with van der Waals surface area (Å²) in [6, 6.07) is 0. The summed E-state index contributed by atoms with van der Waals surface area (Å²) in [6.45, 7) is 3.46. The first-order valence-corrected chi connectivity index (χ1v) is 6.73. The van der Waals surface area contributed by atoms with E-state index in [1.165, 1.54) is 6.42 Å². The minimum atomic E-state index is -0.640. The Kier molecular flexibility index (Phi) is 3.73. The fourth-order valence-corrected chi connectivity index (χ4v) is 2.84. The van der Waals surface area contributed by atoms with Gasteiger partial charge in [-0.15, -0.1) is 0 Å². The second-order valence-corrected chi connectivity index (χ2v) is 5.89. The lowest BCUT2D eigenvalue weighted by Gasteiger charge is -2.39. The van der Waals surface area contributed by atoms with Crippen molar-refractivity contribution in [3.8, 4) is 0 Å². The lowest BCUT2D eigenvalue weighted by Crippen LogP contribution is -2.62. The van der Waals surface area contributed by atoms with Crippen LogP contribution in [0.2, 0.25) is 0 Å². The Balaban J connectivity index is 1.95. The topological polar surface area (TPSA) is 64.4 Å². The lowest BCUT2D eigenvalue weighted by molar-refractivity contribution is -0.131. The largest absolute Gasteiger partial charge is 0.379 e. The van der Waals surface area contributed by atoms with E-state index in [2.05, 4.69) is 12.2 Å². The normalized spacial score (nSPS) is 33.1. The van der Waals surface area contributed by atoms with E-state index in [-0.39, 0.29) is 11.4 Å². The number of ether oxygens (including phenoxy) is 1. The zero-order chi connectivity index (χ0) is 12.4. The Labute approximate surface area is 103 Å². The molecule has 0 aromatic rings. The van der Waals surface area contributed by atoms with Gasteiger partial charge < -0.3 is 15.8 Å².